The molecule has 0 bridgehead atoms. The molecular formula is C19H18FNO4. The van der Waals surface area contributed by atoms with E-state index in [1.165, 1.54) is 30.3 Å². The minimum Gasteiger partial charge on any atom is -0.462 e. The number of hydrogen-bond donors (Lipinski definition) is 1. The predicted molar refractivity (Wildman–Crippen MR) is 91.0 cm³/mol. The number of carbonyl (C=O) groups excluding carboxylic acids is 3. The molecule has 1 N–H and O–H groups in total. The average Bonchev–Trinajstić information content (AvgIpc) is 2.61. The van der Waals surface area contributed by atoms with E-state index >= 15 is 0 Å². The zero-order valence-corrected chi connectivity index (χ0v) is 13.8. The highest BCUT2D eigenvalue weighted by atomic mass is 19.1. The van der Waals surface area contributed by atoms with Gasteiger partial charge in [-0.05, 0) is 43.3 Å². The van der Waals surface area contributed by atoms with Gasteiger partial charge in [0.1, 0.15) is 5.82 Å². The summed E-state index contributed by atoms with van der Waals surface area (Å²) in [5.74, 6) is -1.82. The van der Waals surface area contributed by atoms with Gasteiger partial charge in [0, 0.05) is 18.5 Å². The van der Waals surface area contributed by atoms with E-state index in [-0.39, 0.29) is 30.9 Å². The van der Waals surface area contributed by atoms with Crippen LogP contribution in [0.5, 0.6) is 0 Å². The van der Waals surface area contributed by atoms with E-state index in [1.54, 1.807) is 25.1 Å². The van der Waals surface area contributed by atoms with Crippen LogP contribution in [0.3, 0.4) is 0 Å². The van der Waals surface area contributed by atoms with Crippen molar-refractivity contribution >= 4 is 23.3 Å². The predicted octanol–water partition coefficient (Wildman–Crippen LogP) is 3.60. The molecule has 1 amide bonds. The van der Waals surface area contributed by atoms with Gasteiger partial charge >= 0.3 is 5.97 Å². The average molecular weight is 343 g/mol. The maximum Gasteiger partial charge on any atom is 0.338 e. The summed E-state index contributed by atoms with van der Waals surface area (Å²) >= 11 is 0. The minimum atomic E-state index is -0.595. The molecule has 0 radical (unpaired) electrons. The number of Topliss-reactive ketones (excluding diaryl/α,β-unsaturated/α-hetero) is 1. The van der Waals surface area contributed by atoms with Crippen LogP contribution < -0.4 is 5.32 Å². The number of amides is 1. The van der Waals surface area contributed by atoms with Crippen LogP contribution in [0.2, 0.25) is 0 Å². The summed E-state index contributed by atoms with van der Waals surface area (Å²) in [5.41, 5.74) is 0.861. The fourth-order valence-electron chi connectivity index (χ4n) is 2.18. The standard InChI is InChI=1S/C19H18FNO4/c1-2-25-19(24)13-7-9-14(10-8-13)21-18(23)12-11-17(22)15-5-3-4-6-16(15)20/h3-10H,2,11-12H2,1H3,(H,21,23). The Kier molecular flexibility index (Phi) is 6.39. The number of halogens is 1. The molecule has 0 aliphatic rings. The zero-order valence-electron chi connectivity index (χ0n) is 13.8. The minimum absolute atomic E-state index is 0.0194. The second-order valence-corrected chi connectivity index (χ2v) is 5.25. The summed E-state index contributed by atoms with van der Waals surface area (Å²) in [6.45, 7) is 2.00. The molecule has 0 unspecified atom stereocenters. The molecule has 0 aliphatic carbocycles. The first-order valence-corrected chi connectivity index (χ1v) is 7.86. The lowest BCUT2D eigenvalue weighted by molar-refractivity contribution is -0.116. The Morgan fingerprint density at radius 1 is 1.00 bits per heavy atom. The number of hydrogen-bond acceptors (Lipinski definition) is 4. The summed E-state index contributed by atoms with van der Waals surface area (Å²) in [7, 11) is 0. The summed E-state index contributed by atoms with van der Waals surface area (Å²) in [6, 6.07) is 11.9. The van der Waals surface area contributed by atoms with Gasteiger partial charge in [0.15, 0.2) is 5.78 Å². The topological polar surface area (TPSA) is 72.5 Å². The number of ether oxygens (including phenoxy) is 1. The lowest BCUT2D eigenvalue weighted by atomic mass is 10.1. The lowest BCUT2D eigenvalue weighted by Crippen LogP contribution is -2.14. The van der Waals surface area contributed by atoms with Crippen LogP contribution in [0.15, 0.2) is 48.5 Å². The van der Waals surface area contributed by atoms with E-state index in [9.17, 15) is 18.8 Å². The first kappa shape index (κ1) is 18.3. The van der Waals surface area contributed by atoms with Gasteiger partial charge in [-0.1, -0.05) is 12.1 Å². The van der Waals surface area contributed by atoms with Gasteiger partial charge in [-0.15, -0.1) is 0 Å². The third-order valence-corrected chi connectivity index (χ3v) is 3.43. The molecule has 130 valence electrons. The quantitative estimate of drug-likeness (QED) is 0.616. The fourth-order valence-corrected chi connectivity index (χ4v) is 2.18. The number of rotatable bonds is 7. The molecule has 0 saturated heterocycles. The van der Waals surface area contributed by atoms with Crippen LogP contribution in [0.1, 0.15) is 40.5 Å². The van der Waals surface area contributed by atoms with Gasteiger partial charge < -0.3 is 10.1 Å². The number of esters is 1. The van der Waals surface area contributed by atoms with Gasteiger partial charge in [-0.2, -0.15) is 0 Å². The van der Waals surface area contributed by atoms with Gasteiger partial charge in [-0.25, -0.2) is 9.18 Å². The highest BCUT2D eigenvalue weighted by Gasteiger charge is 2.13. The third-order valence-electron chi connectivity index (χ3n) is 3.43. The Hall–Kier alpha value is -3.02. The van der Waals surface area contributed by atoms with E-state index in [0.29, 0.717) is 11.3 Å². The van der Waals surface area contributed by atoms with Crippen molar-refractivity contribution in [2.24, 2.45) is 0 Å². The number of ketones is 1. The summed E-state index contributed by atoms with van der Waals surface area (Å²) in [4.78, 5) is 35.4. The Bertz CT molecular complexity index is 771. The van der Waals surface area contributed by atoms with Crippen LogP contribution in [-0.4, -0.2) is 24.3 Å². The van der Waals surface area contributed by atoms with Crippen LogP contribution in [0, 0.1) is 5.82 Å². The molecule has 5 nitrogen and oxygen atoms in total. The van der Waals surface area contributed by atoms with E-state index in [0.717, 1.165) is 0 Å². The third kappa shape index (κ3) is 5.24. The normalized spacial score (nSPS) is 10.2. The van der Waals surface area contributed by atoms with Crippen molar-refractivity contribution in [1.29, 1.82) is 0 Å². The molecule has 2 aromatic rings. The van der Waals surface area contributed by atoms with Crippen molar-refractivity contribution in [1.82, 2.24) is 0 Å². The Balaban J connectivity index is 1.87. The maximum absolute atomic E-state index is 13.5. The maximum atomic E-state index is 13.5. The molecular weight excluding hydrogens is 325 g/mol. The summed E-state index contributed by atoms with van der Waals surface area (Å²) in [5, 5.41) is 2.62. The molecule has 0 atom stereocenters. The van der Waals surface area contributed by atoms with Crippen molar-refractivity contribution in [3.63, 3.8) is 0 Å². The Morgan fingerprint density at radius 3 is 2.32 bits per heavy atom. The Labute approximate surface area is 144 Å². The number of carbonyl (C=O) groups is 3. The first-order chi connectivity index (χ1) is 12.0. The van der Waals surface area contributed by atoms with Crippen molar-refractivity contribution in [3.05, 3.63) is 65.5 Å². The van der Waals surface area contributed by atoms with Crippen molar-refractivity contribution in [3.8, 4) is 0 Å². The zero-order chi connectivity index (χ0) is 18.2. The van der Waals surface area contributed by atoms with E-state index < -0.39 is 17.6 Å². The van der Waals surface area contributed by atoms with Crippen LogP contribution in [-0.2, 0) is 9.53 Å². The van der Waals surface area contributed by atoms with Gasteiger partial charge in [-0.3, -0.25) is 9.59 Å². The van der Waals surface area contributed by atoms with E-state index in [2.05, 4.69) is 5.32 Å². The lowest BCUT2D eigenvalue weighted by Gasteiger charge is -2.07. The highest BCUT2D eigenvalue weighted by Crippen LogP contribution is 2.13. The smallest absolute Gasteiger partial charge is 0.338 e. The van der Waals surface area contributed by atoms with Gasteiger partial charge in [0.05, 0.1) is 17.7 Å². The largest absolute Gasteiger partial charge is 0.462 e. The SMILES string of the molecule is CCOC(=O)c1ccc(NC(=O)CCC(=O)c2ccccc2F)cc1. The molecule has 25 heavy (non-hydrogen) atoms. The molecule has 0 spiro atoms. The highest BCUT2D eigenvalue weighted by molar-refractivity contribution is 6.00. The first-order valence-electron chi connectivity index (χ1n) is 7.86. The molecule has 2 rings (SSSR count). The van der Waals surface area contributed by atoms with Crippen molar-refractivity contribution in [2.45, 2.75) is 19.8 Å². The second kappa shape index (κ2) is 8.73. The fraction of sp³-hybridized carbons (Fsp3) is 0.211. The molecule has 6 heteroatoms. The second-order valence-electron chi connectivity index (χ2n) is 5.25. The van der Waals surface area contributed by atoms with Crippen LogP contribution in [0.25, 0.3) is 0 Å². The molecule has 0 heterocycles. The van der Waals surface area contributed by atoms with E-state index in [4.69, 9.17) is 4.74 Å². The number of anilines is 1. The summed E-state index contributed by atoms with van der Waals surface area (Å²) in [6.07, 6.45) is -0.152. The molecule has 0 aromatic heterocycles. The number of nitrogens with one attached hydrogen (secondary N) is 1. The monoisotopic (exact) mass is 343 g/mol. The molecule has 0 aliphatic heterocycles. The van der Waals surface area contributed by atoms with Crippen molar-refractivity contribution in [2.75, 3.05) is 11.9 Å². The Morgan fingerprint density at radius 2 is 1.68 bits per heavy atom. The molecule has 2 aromatic carbocycles. The van der Waals surface area contributed by atoms with Crippen LogP contribution in [0.4, 0.5) is 10.1 Å². The van der Waals surface area contributed by atoms with Crippen molar-refractivity contribution < 1.29 is 23.5 Å². The van der Waals surface area contributed by atoms with Gasteiger partial charge in [0.25, 0.3) is 0 Å². The molecule has 0 saturated carbocycles. The summed E-state index contributed by atoms with van der Waals surface area (Å²) < 4.78 is 18.4. The van der Waals surface area contributed by atoms with Gasteiger partial charge in [0.2, 0.25) is 5.91 Å². The van der Waals surface area contributed by atoms with E-state index in [1.807, 2.05) is 0 Å². The number of benzene rings is 2. The molecule has 0 fully saturated rings. The van der Waals surface area contributed by atoms with Crippen LogP contribution >= 0.6 is 0 Å².